The molecule has 2 unspecified atom stereocenters. The van der Waals surface area contributed by atoms with E-state index in [0.29, 0.717) is 0 Å². The van der Waals surface area contributed by atoms with Crippen LogP contribution in [-0.2, 0) is 0 Å². The number of piperazine rings is 1. The van der Waals surface area contributed by atoms with Gasteiger partial charge in [0.25, 0.3) is 0 Å². The van der Waals surface area contributed by atoms with E-state index in [4.69, 9.17) is 0 Å². The average molecular weight is 210 g/mol. The standard InChI is InChI=1S/C13H26N2/c1-11(2)9-12(3)15-8-7-14-6-4-5-13(14)10-15/h11-13H,4-10H2,1-3H3. The minimum absolute atomic E-state index is 0.785. The molecule has 2 rings (SSSR count). The molecule has 2 heteroatoms. The second-order valence-electron chi connectivity index (χ2n) is 5.81. The minimum Gasteiger partial charge on any atom is -0.298 e. The fourth-order valence-electron chi connectivity index (χ4n) is 3.25. The van der Waals surface area contributed by atoms with Crippen molar-refractivity contribution < 1.29 is 0 Å². The number of nitrogens with zero attached hydrogens (tertiary/aromatic N) is 2. The highest BCUT2D eigenvalue weighted by Crippen LogP contribution is 2.23. The fourth-order valence-corrected chi connectivity index (χ4v) is 3.25. The summed E-state index contributed by atoms with van der Waals surface area (Å²) in [5, 5.41) is 0. The molecule has 0 spiro atoms. The molecule has 2 heterocycles. The van der Waals surface area contributed by atoms with Gasteiger partial charge in [0, 0.05) is 31.7 Å². The van der Waals surface area contributed by atoms with Crippen molar-refractivity contribution in [3.05, 3.63) is 0 Å². The maximum Gasteiger partial charge on any atom is 0.0224 e. The van der Waals surface area contributed by atoms with Gasteiger partial charge in [-0.3, -0.25) is 9.80 Å². The van der Waals surface area contributed by atoms with Gasteiger partial charge in [0.05, 0.1) is 0 Å². The smallest absolute Gasteiger partial charge is 0.0224 e. The molecule has 0 saturated carbocycles. The predicted molar refractivity (Wildman–Crippen MR) is 65.1 cm³/mol. The predicted octanol–water partition coefficient (Wildman–Crippen LogP) is 2.20. The third-order valence-electron chi connectivity index (χ3n) is 4.05. The zero-order valence-corrected chi connectivity index (χ0v) is 10.6. The van der Waals surface area contributed by atoms with Crippen molar-refractivity contribution in [1.82, 2.24) is 9.80 Å². The molecule has 88 valence electrons. The van der Waals surface area contributed by atoms with Gasteiger partial charge in [-0.1, -0.05) is 13.8 Å². The molecule has 2 atom stereocenters. The van der Waals surface area contributed by atoms with E-state index >= 15 is 0 Å². The van der Waals surface area contributed by atoms with E-state index in [2.05, 4.69) is 30.6 Å². The lowest BCUT2D eigenvalue weighted by atomic mass is 10.0. The summed E-state index contributed by atoms with van der Waals surface area (Å²) in [7, 11) is 0. The van der Waals surface area contributed by atoms with Crippen molar-refractivity contribution in [2.24, 2.45) is 5.92 Å². The molecular weight excluding hydrogens is 184 g/mol. The van der Waals surface area contributed by atoms with E-state index in [-0.39, 0.29) is 0 Å². The van der Waals surface area contributed by atoms with Gasteiger partial charge in [0.2, 0.25) is 0 Å². The zero-order chi connectivity index (χ0) is 10.8. The zero-order valence-electron chi connectivity index (χ0n) is 10.6. The Morgan fingerprint density at radius 1 is 1.13 bits per heavy atom. The Bertz CT molecular complexity index is 203. The van der Waals surface area contributed by atoms with Gasteiger partial charge in [-0.25, -0.2) is 0 Å². The highest BCUT2D eigenvalue weighted by Gasteiger charge is 2.32. The summed E-state index contributed by atoms with van der Waals surface area (Å²) in [5.41, 5.74) is 0. The lowest BCUT2D eigenvalue weighted by Crippen LogP contribution is -2.52. The lowest BCUT2D eigenvalue weighted by molar-refractivity contribution is 0.0701. The van der Waals surface area contributed by atoms with Gasteiger partial charge in [-0.05, 0) is 38.6 Å². The van der Waals surface area contributed by atoms with Crippen molar-refractivity contribution in [2.45, 2.75) is 52.1 Å². The van der Waals surface area contributed by atoms with E-state index in [9.17, 15) is 0 Å². The Balaban J connectivity index is 1.84. The quantitative estimate of drug-likeness (QED) is 0.704. The highest BCUT2D eigenvalue weighted by molar-refractivity contribution is 4.88. The Morgan fingerprint density at radius 3 is 2.67 bits per heavy atom. The molecule has 0 radical (unpaired) electrons. The topological polar surface area (TPSA) is 6.48 Å². The van der Waals surface area contributed by atoms with Crippen LogP contribution in [0.2, 0.25) is 0 Å². The molecule has 2 aliphatic heterocycles. The van der Waals surface area contributed by atoms with Crippen molar-refractivity contribution >= 4 is 0 Å². The minimum atomic E-state index is 0.785. The monoisotopic (exact) mass is 210 g/mol. The van der Waals surface area contributed by atoms with Crippen molar-refractivity contribution in [3.8, 4) is 0 Å². The van der Waals surface area contributed by atoms with Crippen LogP contribution in [0.4, 0.5) is 0 Å². The van der Waals surface area contributed by atoms with Crippen LogP contribution < -0.4 is 0 Å². The summed E-state index contributed by atoms with van der Waals surface area (Å²) in [6.07, 6.45) is 4.22. The number of hydrogen-bond acceptors (Lipinski definition) is 2. The molecule has 2 aliphatic rings. The van der Waals surface area contributed by atoms with Crippen molar-refractivity contribution in [2.75, 3.05) is 26.2 Å². The van der Waals surface area contributed by atoms with Crippen LogP contribution in [-0.4, -0.2) is 48.1 Å². The SMILES string of the molecule is CC(C)CC(C)N1CCN2CCCC2C1. The van der Waals surface area contributed by atoms with Crippen LogP contribution in [0.25, 0.3) is 0 Å². The Hall–Kier alpha value is -0.0800. The first kappa shape index (κ1) is 11.4. The van der Waals surface area contributed by atoms with Crippen molar-refractivity contribution in [1.29, 1.82) is 0 Å². The number of fused-ring (bicyclic) bond motifs is 1. The van der Waals surface area contributed by atoms with E-state index < -0.39 is 0 Å². The summed E-state index contributed by atoms with van der Waals surface area (Å²) >= 11 is 0. The molecule has 0 bridgehead atoms. The second kappa shape index (κ2) is 4.84. The van der Waals surface area contributed by atoms with Crippen molar-refractivity contribution in [3.63, 3.8) is 0 Å². The number of rotatable bonds is 3. The Kier molecular flexibility index (Phi) is 3.68. The molecule has 0 amide bonds. The normalized spacial score (nSPS) is 30.8. The van der Waals surface area contributed by atoms with E-state index in [1.54, 1.807) is 0 Å². The molecular formula is C13H26N2. The molecule has 2 fully saturated rings. The summed E-state index contributed by atoms with van der Waals surface area (Å²) in [6.45, 7) is 12.4. The first-order valence-corrected chi connectivity index (χ1v) is 6.65. The van der Waals surface area contributed by atoms with Gasteiger partial charge in [-0.2, -0.15) is 0 Å². The molecule has 0 aromatic rings. The Morgan fingerprint density at radius 2 is 1.93 bits per heavy atom. The van der Waals surface area contributed by atoms with Gasteiger partial charge < -0.3 is 0 Å². The first-order valence-electron chi connectivity index (χ1n) is 6.65. The highest BCUT2D eigenvalue weighted by atomic mass is 15.3. The van der Waals surface area contributed by atoms with Crippen LogP contribution >= 0.6 is 0 Å². The molecule has 2 saturated heterocycles. The summed E-state index contributed by atoms with van der Waals surface area (Å²) in [4.78, 5) is 5.41. The van der Waals surface area contributed by atoms with Crippen LogP contribution in [0.15, 0.2) is 0 Å². The van der Waals surface area contributed by atoms with Gasteiger partial charge >= 0.3 is 0 Å². The van der Waals surface area contributed by atoms with Gasteiger partial charge in [0.15, 0.2) is 0 Å². The van der Waals surface area contributed by atoms with Gasteiger partial charge in [0.1, 0.15) is 0 Å². The second-order valence-corrected chi connectivity index (χ2v) is 5.81. The summed E-state index contributed by atoms with van der Waals surface area (Å²) in [5.74, 6) is 0.835. The molecule has 0 aliphatic carbocycles. The third-order valence-corrected chi connectivity index (χ3v) is 4.05. The Labute approximate surface area is 94.6 Å². The van der Waals surface area contributed by atoms with E-state index in [1.165, 1.54) is 45.4 Å². The third kappa shape index (κ3) is 2.73. The number of hydrogen-bond donors (Lipinski definition) is 0. The lowest BCUT2D eigenvalue weighted by Gasteiger charge is -2.41. The van der Waals surface area contributed by atoms with E-state index in [1.807, 2.05) is 0 Å². The van der Waals surface area contributed by atoms with Gasteiger partial charge in [-0.15, -0.1) is 0 Å². The molecule has 2 nitrogen and oxygen atoms in total. The molecule has 0 aromatic carbocycles. The fraction of sp³-hybridized carbons (Fsp3) is 1.00. The maximum atomic E-state index is 2.71. The first-order chi connectivity index (χ1) is 7.16. The van der Waals surface area contributed by atoms with Crippen LogP contribution in [0, 0.1) is 5.92 Å². The summed E-state index contributed by atoms with van der Waals surface area (Å²) in [6, 6.07) is 1.67. The van der Waals surface area contributed by atoms with Crippen LogP contribution in [0.3, 0.4) is 0 Å². The van der Waals surface area contributed by atoms with Crippen LogP contribution in [0.1, 0.15) is 40.0 Å². The van der Waals surface area contributed by atoms with Crippen LogP contribution in [0.5, 0.6) is 0 Å². The maximum absolute atomic E-state index is 2.71. The molecule has 0 N–H and O–H groups in total. The average Bonchev–Trinajstić information content (AvgIpc) is 2.62. The molecule has 0 aromatic heterocycles. The summed E-state index contributed by atoms with van der Waals surface area (Å²) < 4.78 is 0. The largest absolute Gasteiger partial charge is 0.298 e. The molecule has 15 heavy (non-hydrogen) atoms. The van der Waals surface area contributed by atoms with E-state index in [0.717, 1.165) is 18.0 Å².